The number of fused-ring (bicyclic) bond motifs is 2. The van der Waals surface area contributed by atoms with Gasteiger partial charge in [0, 0.05) is 122 Å². The SMILES string of the molecule is CNc1cc(C(F)(F)F)ccn1.CNc1cc2ccccc2cn1.CNc1ccc(C)cn1.CNc1cccc(C)n1.CNc1cccc(C)n1.CNc1cnc2ccccc2c1.CNc1cnccn1.CNc1ncccn1. The van der Waals surface area contributed by atoms with Gasteiger partial charge in [-0.05, 0) is 98.5 Å². The highest BCUT2D eigenvalue weighted by Gasteiger charge is 2.30. The molecule has 10 rings (SSSR count). The second kappa shape index (κ2) is 36.2. The molecule has 0 atom stereocenters. The van der Waals surface area contributed by atoms with Crippen molar-refractivity contribution in [3.63, 3.8) is 0 Å². The second-order valence-corrected chi connectivity index (χ2v) is 16.0. The van der Waals surface area contributed by atoms with Gasteiger partial charge in [0.25, 0.3) is 0 Å². The molecule has 2 aromatic carbocycles. The van der Waals surface area contributed by atoms with Crippen molar-refractivity contribution >= 4 is 68.2 Å². The summed E-state index contributed by atoms with van der Waals surface area (Å²) in [6.07, 6.45) is 10.7. The van der Waals surface area contributed by atoms with Crippen LogP contribution < -0.4 is 42.5 Å². The molecule has 18 nitrogen and oxygen atoms in total. The molecule has 414 valence electrons. The van der Waals surface area contributed by atoms with Crippen LogP contribution >= 0.6 is 0 Å². The first-order valence-electron chi connectivity index (χ1n) is 24.7. The third-order valence-corrected chi connectivity index (χ3v) is 10.2. The smallest absolute Gasteiger partial charge is 0.387 e. The molecule has 0 aliphatic carbocycles. The van der Waals surface area contributed by atoms with Gasteiger partial charge in [0.2, 0.25) is 5.95 Å². The van der Waals surface area contributed by atoms with E-state index in [1.54, 1.807) is 44.1 Å². The zero-order valence-electron chi connectivity index (χ0n) is 46.4. The fraction of sp³-hybridized carbons (Fsp3) is 0.207. The number of aryl methyl sites for hydroxylation is 3. The van der Waals surface area contributed by atoms with Crippen molar-refractivity contribution in [1.82, 2.24) is 49.8 Å². The third kappa shape index (κ3) is 25.5. The van der Waals surface area contributed by atoms with Gasteiger partial charge in [-0.25, -0.2) is 39.9 Å². The number of hydrogen-bond acceptors (Lipinski definition) is 18. The standard InChI is InChI=1S/2C10H10N2.C7H7F3N2.3C7H10N2.2C5H7N3/c1-11-9-6-8-4-2-3-5-10(8)12-7-9;1-11-10-6-8-4-2-3-5-9(8)7-12-10;1-11-6-4-5(2-3-12-6)7(8,9)10;1-6-3-4-7(8-2)9-5-6;2*1-6-4-3-5-7(8-2)9-6;1-6-5-4-7-2-3-8-5;1-6-5-7-3-2-4-8-5/h2-7,11H,1H3;2-7H,1H3,(H,11,12);2-4H,1H3,(H,11,12);3*3-5H,1-2H3,(H,8,9);2-4H,1H3,(H,6,8);2-4H,1H3,(H,6,7,8). The van der Waals surface area contributed by atoms with E-state index >= 15 is 0 Å². The van der Waals surface area contributed by atoms with Gasteiger partial charge in [0.1, 0.15) is 34.9 Å². The Balaban J connectivity index is 0.000000239. The minimum atomic E-state index is -4.30. The number of rotatable bonds is 8. The number of anilines is 8. The maximum absolute atomic E-state index is 12.0. The Morgan fingerprint density at radius 1 is 0.354 bits per heavy atom. The molecule has 21 heteroatoms. The predicted molar refractivity (Wildman–Crippen MR) is 320 cm³/mol. The Kier molecular flexibility index (Phi) is 29.1. The van der Waals surface area contributed by atoms with E-state index in [-0.39, 0.29) is 5.82 Å². The normalized spacial score (nSPS) is 9.65. The molecule has 0 saturated carbocycles. The molecule has 0 bridgehead atoms. The molecule has 0 fully saturated rings. The molecule has 8 N–H and O–H groups in total. The van der Waals surface area contributed by atoms with Crippen molar-refractivity contribution in [2.24, 2.45) is 0 Å². The molecular formula is C58H71F3N18. The lowest BCUT2D eigenvalue weighted by atomic mass is 10.2. The molecule has 0 aliphatic heterocycles. The maximum Gasteiger partial charge on any atom is 0.416 e. The summed E-state index contributed by atoms with van der Waals surface area (Å²) in [5.74, 6) is 5.35. The topological polar surface area (TPSA) is 225 Å². The van der Waals surface area contributed by atoms with Crippen LogP contribution in [0.15, 0.2) is 183 Å². The highest BCUT2D eigenvalue weighted by atomic mass is 19.4. The number of hydrogen-bond donors (Lipinski definition) is 8. The van der Waals surface area contributed by atoms with E-state index in [1.165, 1.54) is 28.8 Å². The summed E-state index contributed by atoms with van der Waals surface area (Å²) < 4.78 is 36.1. The first kappa shape index (κ1) is 63.5. The van der Waals surface area contributed by atoms with Gasteiger partial charge in [-0.3, -0.25) is 9.97 Å². The van der Waals surface area contributed by atoms with Crippen molar-refractivity contribution < 1.29 is 13.2 Å². The average Bonchev–Trinajstić information content (AvgIpc) is 3.50. The lowest BCUT2D eigenvalue weighted by Crippen LogP contribution is -2.05. The van der Waals surface area contributed by atoms with Gasteiger partial charge in [-0.2, -0.15) is 13.2 Å². The summed E-state index contributed by atoms with van der Waals surface area (Å²) >= 11 is 0. The molecule has 0 amide bonds. The summed E-state index contributed by atoms with van der Waals surface area (Å²) in [6, 6.07) is 39.8. The van der Waals surface area contributed by atoms with Crippen molar-refractivity contribution in [1.29, 1.82) is 0 Å². The van der Waals surface area contributed by atoms with Gasteiger partial charge in [0.05, 0.1) is 29.2 Å². The first-order chi connectivity index (χ1) is 38.2. The van der Waals surface area contributed by atoms with Gasteiger partial charge in [-0.15, -0.1) is 0 Å². The second-order valence-electron chi connectivity index (χ2n) is 16.0. The van der Waals surface area contributed by atoms with Crippen molar-refractivity contribution in [3.05, 3.63) is 206 Å². The van der Waals surface area contributed by atoms with Crippen LogP contribution in [0.3, 0.4) is 0 Å². The molecule has 0 radical (unpaired) electrons. The van der Waals surface area contributed by atoms with E-state index in [0.29, 0.717) is 5.95 Å². The van der Waals surface area contributed by atoms with Gasteiger partial charge < -0.3 is 42.5 Å². The van der Waals surface area contributed by atoms with Crippen molar-refractivity contribution in [3.8, 4) is 0 Å². The van der Waals surface area contributed by atoms with Crippen molar-refractivity contribution in [2.75, 3.05) is 98.9 Å². The molecule has 0 unspecified atom stereocenters. The number of halogens is 3. The van der Waals surface area contributed by atoms with Crippen LogP contribution in [0.4, 0.5) is 59.7 Å². The van der Waals surface area contributed by atoms with Crippen LogP contribution in [0.2, 0.25) is 0 Å². The van der Waals surface area contributed by atoms with Gasteiger partial charge in [0.15, 0.2) is 0 Å². The van der Waals surface area contributed by atoms with Gasteiger partial charge >= 0.3 is 6.18 Å². The van der Waals surface area contributed by atoms with Gasteiger partial charge in [-0.1, -0.05) is 60.7 Å². The predicted octanol–water partition coefficient (Wildman–Crippen LogP) is 12.0. The Bertz CT molecular complexity index is 3050. The van der Waals surface area contributed by atoms with E-state index in [2.05, 4.69) is 117 Å². The van der Waals surface area contributed by atoms with Crippen LogP contribution in [0.1, 0.15) is 22.5 Å². The molecule has 0 saturated heterocycles. The van der Waals surface area contributed by atoms with E-state index in [9.17, 15) is 13.2 Å². The van der Waals surface area contributed by atoms with E-state index in [4.69, 9.17) is 0 Å². The fourth-order valence-corrected chi connectivity index (χ4v) is 6.01. The van der Waals surface area contributed by atoms with E-state index in [1.807, 2.05) is 167 Å². The summed E-state index contributed by atoms with van der Waals surface area (Å²) in [5, 5.41) is 26.7. The number of pyridine rings is 6. The van der Waals surface area contributed by atoms with Crippen molar-refractivity contribution in [2.45, 2.75) is 26.9 Å². The lowest BCUT2D eigenvalue weighted by Gasteiger charge is -2.06. The summed E-state index contributed by atoms with van der Waals surface area (Å²) in [5.41, 5.74) is 4.67. The number of nitrogens with zero attached hydrogens (tertiary/aromatic N) is 10. The fourth-order valence-electron chi connectivity index (χ4n) is 6.01. The van der Waals surface area contributed by atoms with Crippen LogP contribution in [-0.4, -0.2) is 106 Å². The lowest BCUT2D eigenvalue weighted by molar-refractivity contribution is -0.137. The molecule has 10 aromatic rings. The number of para-hydroxylation sites is 1. The van der Waals surface area contributed by atoms with Crippen LogP contribution in [0, 0.1) is 20.8 Å². The van der Waals surface area contributed by atoms with Crippen LogP contribution in [-0.2, 0) is 6.18 Å². The highest BCUT2D eigenvalue weighted by Crippen LogP contribution is 2.29. The first-order valence-corrected chi connectivity index (χ1v) is 24.7. The number of alkyl halides is 3. The number of benzene rings is 2. The summed E-state index contributed by atoms with van der Waals surface area (Å²) in [7, 11) is 14.5. The van der Waals surface area contributed by atoms with Crippen LogP contribution in [0.5, 0.6) is 0 Å². The third-order valence-electron chi connectivity index (χ3n) is 10.2. The Morgan fingerprint density at radius 3 is 1.39 bits per heavy atom. The van der Waals surface area contributed by atoms with E-state index in [0.717, 1.165) is 70.0 Å². The minimum absolute atomic E-state index is 0.213. The molecule has 0 aliphatic rings. The monoisotopic (exact) mass is 1080 g/mol. The molecule has 8 aromatic heterocycles. The Hall–Kier alpha value is -9.79. The Labute approximate surface area is 461 Å². The number of nitrogens with one attached hydrogen (secondary N) is 8. The summed E-state index contributed by atoms with van der Waals surface area (Å²) in [4.78, 5) is 40.1. The molecule has 8 heterocycles. The zero-order chi connectivity index (χ0) is 57.7. The molecule has 79 heavy (non-hydrogen) atoms. The highest BCUT2D eigenvalue weighted by molar-refractivity contribution is 5.83. The molecule has 0 spiro atoms. The average molecular weight is 1080 g/mol. The Morgan fingerprint density at radius 2 is 0.911 bits per heavy atom. The molecular weight excluding hydrogens is 1010 g/mol. The zero-order valence-corrected chi connectivity index (χ0v) is 46.4. The summed E-state index contributed by atoms with van der Waals surface area (Å²) in [6.45, 7) is 5.97. The largest absolute Gasteiger partial charge is 0.416 e. The number of aromatic nitrogens is 10. The quantitative estimate of drug-likeness (QED) is 0.0708. The van der Waals surface area contributed by atoms with Crippen LogP contribution in [0.25, 0.3) is 21.7 Å². The maximum atomic E-state index is 12.0. The van der Waals surface area contributed by atoms with E-state index < -0.39 is 11.7 Å². The minimum Gasteiger partial charge on any atom is -0.387 e.